The second kappa shape index (κ2) is 10.0. The molecular weight excluding hydrogens is 430 g/mol. The SMILES string of the molecule is O=C(O)C1=C(SCCCc2cccc(C(F)(F)F)c2)N(Cc2ccc(F)cc2)CC=C1. The molecular formula is C23H21F4NO2S. The Balaban J connectivity index is 1.65. The average Bonchev–Trinajstić information content (AvgIpc) is 2.73. The highest BCUT2D eigenvalue weighted by Gasteiger charge is 2.30. The highest BCUT2D eigenvalue weighted by atomic mass is 32.2. The predicted octanol–water partition coefficient (Wildman–Crippen LogP) is 5.88. The number of rotatable bonds is 8. The Morgan fingerprint density at radius 2 is 1.84 bits per heavy atom. The molecule has 1 heterocycles. The van der Waals surface area contributed by atoms with Gasteiger partial charge in [-0.15, -0.1) is 11.8 Å². The molecule has 0 spiro atoms. The molecule has 164 valence electrons. The maximum Gasteiger partial charge on any atom is 0.416 e. The van der Waals surface area contributed by atoms with Gasteiger partial charge in [0.15, 0.2) is 0 Å². The number of carboxylic acid groups (broad SMARTS) is 1. The molecule has 8 heteroatoms. The van der Waals surface area contributed by atoms with Crippen molar-refractivity contribution in [3.8, 4) is 0 Å². The second-order valence-electron chi connectivity index (χ2n) is 7.08. The van der Waals surface area contributed by atoms with E-state index in [1.54, 1.807) is 30.4 Å². The number of carboxylic acids is 1. The van der Waals surface area contributed by atoms with Gasteiger partial charge < -0.3 is 10.0 Å². The van der Waals surface area contributed by atoms with Crippen LogP contribution in [0.25, 0.3) is 0 Å². The molecule has 0 saturated carbocycles. The fourth-order valence-corrected chi connectivity index (χ4v) is 4.36. The number of halogens is 4. The van der Waals surface area contributed by atoms with Gasteiger partial charge >= 0.3 is 12.1 Å². The third-order valence-electron chi connectivity index (χ3n) is 4.75. The molecule has 2 aromatic carbocycles. The summed E-state index contributed by atoms with van der Waals surface area (Å²) in [6, 6.07) is 11.3. The Bertz CT molecular complexity index is 984. The van der Waals surface area contributed by atoms with Crippen molar-refractivity contribution in [2.45, 2.75) is 25.6 Å². The van der Waals surface area contributed by atoms with Crippen molar-refractivity contribution >= 4 is 17.7 Å². The third-order valence-corrected chi connectivity index (χ3v) is 5.99. The van der Waals surface area contributed by atoms with Gasteiger partial charge in [-0.1, -0.05) is 36.4 Å². The monoisotopic (exact) mass is 451 g/mol. The zero-order valence-electron chi connectivity index (χ0n) is 16.5. The molecule has 0 aliphatic carbocycles. The lowest BCUT2D eigenvalue weighted by molar-refractivity contribution is -0.137. The van der Waals surface area contributed by atoms with Gasteiger partial charge in [-0.05, 0) is 54.0 Å². The first-order chi connectivity index (χ1) is 14.7. The topological polar surface area (TPSA) is 40.5 Å². The minimum Gasteiger partial charge on any atom is -0.478 e. The van der Waals surface area contributed by atoms with Crippen LogP contribution in [0.1, 0.15) is 23.1 Å². The van der Waals surface area contributed by atoms with Crippen molar-refractivity contribution in [2.24, 2.45) is 0 Å². The zero-order valence-corrected chi connectivity index (χ0v) is 17.3. The van der Waals surface area contributed by atoms with Crippen LogP contribution < -0.4 is 0 Å². The molecule has 0 atom stereocenters. The van der Waals surface area contributed by atoms with Gasteiger partial charge in [0.1, 0.15) is 5.82 Å². The van der Waals surface area contributed by atoms with E-state index in [2.05, 4.69) is 0 Å². The summed E-state index contributed by atoms with van der Waals surface area (Å²) in [5.74, 6) is -0.829. The van der Waals surface area contributed by atoms with Crippen molar-refractivity contribution in [3.05, 3.63) is 93.8 Å². The third kappa shape index (κ3) is 6.37. The summed E-state index contributed by atoms with van der Waals surface area (Å²) in [6.45, 7) is 0.946. The van der Waals surface area contributed by atoms with E-state index in [4.69, 9.17) is 0 Å². The summed E-state index contributed by atoms with van der Waals surface area (Å²) >= 11 is 1.37. The summed E-state index contributed by atoms with van der Waals surface area (Å²) in [5, 5.41) is 10.2. The number of carbonyl (C=O) groups is 1. The molecule has 0 saturated heterocycles. The first kappa shape index (κ1) is 22.9. The molecule has 1 aliphatic rings. The maximum absolute atomic E-state index is 13.2. The predicted molar refractivity (Wildman–Crippen MR) is 113 cm³/mol. The zero-order chi connectivity index (χ0) is 22.4. The summed E-state index contributed by atoms with van der Waals surface area (Å²) in [7, 11) is 0. The van der Waals surface area contributed by atoms with Crippen molar-refractivity contribution in [1.82, 2.24) is 4.90 Å². The second-order valence-corrected chi connectivity index (χ2v) is 8.17. The Morgan fingerprint density at radius 1 is 1.10 bits per heavy atom. The van der Waals surface area contributed by atoms with Crippen LogP contribution in [-0.2, 0) is 23.9 Å². The molecule has 0 radical (unpaired) electrons. The molecule has 1 N–H and O–H groups in total. The number of hydrogen-bond donors (Lipinski definition) is 1. The first-order valence-electron chi connectivity index (χ1n) is 9.66. The van der Waals surface area contributed by atoms with Gasteiger partial charge in [-0.3, -0.25) is 0 Å². The van der Waals surface area contributed by atoms with E-state index in [-0.39, 0.29) is 11.4 Å². The van der Waals surface area contributed by atoms with E-state index < -0.39 is 17.7 Å². The van der Waals surface area contributed by atoms with Crippen LogP contribution in [0.4, 0.5) is 17.6 Å². The van der Waals surface area contributed by atoms with E-state index in [9.17, 15) is 27.5 Å². The number of hydrogen-bond acceptors (Lipinski definition) is 3. The molecule has 3 nitrogen and oxygen atoms in total. The number of aliphatic carboxylic acids is 1. The molecule has 0 aromatic heterocycles. The van der Waals surface area contributed by atoms with Crippen LogP contribution in [-0.4, -0.2) is 28.3 Å². The van der Waals surface area contributed by atoms with Gasteiger partial charge in [0.25, 0.3) is 0 Å². The number of thioether (sulfide) groups is 1. The smallest absolute Gasteiger partial charge is 0.416 e. The molecule has 0 amide bonds. The highest BCUT2D eigenvalue weighted by Crippen LogP contribution is 2.32. The van der Waals surface area contributed by atoms with Crippen LogP contribution >= 0.6 is 11.8 Å². The van der Waals surface area contributed by atoms with Crippen molar-refractivity contribution in [2.75, 3.05) is 12.3 Å². The first-order valence-corrected chi connectivity index (χ1v) is 10.6. The minimum atomic E-state index is -4.37. The lowest BCUT2D eigenvalue weighted by atomic mass is 10.1. The summed E-state index contributed by atoms with van der Waals surface area (Å²) in [4.78, 5) is 13.6. The Labute approximate surface area is 182 Å². The van der Waals surface area contributed by atoms with Gasteiger partial charge in [0.2, 0.25) is 0 Å². The number of aryl methyl sites for hydroxylation is 1. The molecule has 1 aliphatic heterocycles. The lowest BCUT2D eigenvalue weighted by Gasteiger charge is -2.29. The molecule has 0 unspecified atom stereocenters. The Morgan fingerprint density at radius 3 is 2.52 bits per heavy atom. The van der Waals surface area contributed by atoms with Crippen molar-refractivity contribution < 1.29 is 27.5 Å². The molecule has 31 heavy (non-hydrogen) atoms. The van der Waals surface area contributed by atoms with Crippen LogP contribution in [0.3, 0.4) is 0 Å². The van der Waals surface area contributed by atoms with Gasteiger partial charge in [-0.2, -0.15) is 13.2 Å². The molecule has 2 aromatic rings. The van der Waals surface area contributed by atoms with E-state index in [1.165, 1.54) is 30.0 Å². The number of alkyl halides is 3. The number of benzene rings is 2. The van der Waals surface area contributed by atoms with Crippen LogP contribution in [0.15, 0.2) is 71.3 Å². The van der Waals surface area contributed by atoms with Crippen LogP contribution in [0.2, 0.25) is 0 Å². The van der Waals surface area contributed by atoms with Crippen molar-refractivity contribution in [3.63, 3.8) is 0 Å². The quantitative estimate of drug-likeness (QED) is 0.402. The van der Waals surface area contributed by atoms with E-state index in [0.29, 0.717) is 42.3 Å². The minimum absolute atomic E-state index is 0.178. The Hall–Kier alpha value is -2.74. The van der Waals surface area contributed by atoms with Crippen molar-refractivity contribution in [1.29, 1.82) is 0 Å². The molecule has 0 bridgehead atoms. The van der Waals surface area contributed by atoms with Crippen LogP contribution in [0, 0.1) is 5.82 Å². The fourth-order valence-electron chi connectivity index (χ4n) is 3.25. The summed E-state index contributed by atoms with van der Waals surface area (Å²) < 4.78 is 51.8. The molecule has 0 fully saturated rings. The number of nitrogens with zero attached hydrogens (tertiary/aromatic N) is 1. The standard InChI is InChI=1S/C23H21F4NO2S/c24-19-10-8-17(9-11-19)15-28-12-2-7-20(22(29)30)21(28)31-13-3-5-16-4-1-6-18(14-16)23(25,26)27/h1-2,4,6-11,14H,3,5,12-13,15H2,(H,29,30). The van der Waals surface area contributed by atoms with E-state index in [0.717, 1.165) is 17.7 Å². The highest BCUT2D eigenvalue weighted by molar-refractivity contribution is 8.03. The molecule has 3 rings (SSSR count). The summed E-state index contributed by atoms with van der Waals surface area (Å²) in [6.07, 6.45) is 0.0104. The van der Waals surface area contributed by atoms with E-state index in [1.807, 2.05) is 4.90 Å². The fraction of sp³-hybridized carbons (Fsp3) is 0.261. The van der Waals surface area contributed by atoms with Crippen LogP contribution in [0.5, 0.6) is 0 Å². The Kier molecular flexibility index (Phi) is 7.43. The summed E-state index contributed by atoms with van der Waals surface area (Å²) in [5.41, 5.74) is 0.951. The largest absolute Gasteiger partial charge is 0.478 e. The lowest BCUT2D eigenvalue weighted by Crippen LogP contribution is -2.27. The maximum atomic E-state index is 13.2. The van der Waals surface area contributed by atoms with Gasteiger partial charge in [0, 0.05) is 13.1 Å². The van der Waals surface area contributed by atoms with E-state index >= 15 is 0 Å². The van der Waals surface area contributed by atoms with Gasteiger partial charge in [-0.25, -0.2) is 9.18 Å². The normalized spacial score (nSPS) is 14.3. The van der Waals surface area contributed by atoms with Gasteiger partial charge in [0.05, 0.1) is 16.2 Å². The average molecular weight is 451 g/mol.